The molecule has 1 fully saturated rings. The van der Waals surface area contributed by atoms with Crippen molar-refractivity contribution in [2.24, 2.45) is 5.92 Å². The highest BCUT2D eigenvalue weighted by Crippen LogP contribution is 2.26. The van der Waals surface area contributed by atoms with E-state index in [0.29, 0.717) is 12.0 Å². The Morgan fingerprint density at radius 1 is 0.962 bits per heavy atom. The van der Waals surface area contributed by atoms with Gasteiger partial charge in [-0.3, -0.25) is 14.8 Å². The average molecular weight is 352 g/mol. The van der Waals surface area contributed by atoms with Crippen molar-refractivity contribution in [3.05, 3.63) is 59.2 Å². The third kappa shape index (κ3) is 3.94. The lowest BCUT2D eigenvalue weighted by Crippen LogP contribution is -2.43. The molecule has 0 saturated heterocycles. The maximum absolute atomic E-state index is 12.5. The first kappa shape index (κ1) is 18.1. The van der Waals surface area contributed by atoms with E-state index < -0.39 is 5.91 Å². The molecule has 136 valence electrons. The lowest BCUT2D eigenvalue weighted by Gasteiger charge is -2.19. The summed E-state index contributed by atoms with van der Waals surface area (Å²) in [5, 5.41) is 11.8. The molecular weight excluding hydrogens is 328 g/mol. The van der Waals surface area contributed by atoms with E-state index in [1.54, 1.807) is 17.6 Å². The van der Waals surface area contributed by atoms with Gasteiger partial charge in [-0.1, -0.05) is 47.9 Å². The molecule has 3 N–H and O–H groups in total. The van der Waals surface area contributed by atoms with E-state index in [0.717, 1.165) is 24.0 Å². The summed E-state index contributed by atoms with van der Waals surface area (Å²) in [4.78, 5) is 24.2. The molecule has 0 bridgehead atoms. The van der Waals surface area contributed by atoms with E-state index >= 15 is 0 Å². The molecule has 1 saturated carbocycles. The Kier molecular flexibility index (Phi) is 5.38. The van der Waals surface area contributed by atoms with Crippen molar-refractivity contribution in [2.45, 2.75) is 39.2 Å². The average Bonchev–Trinajstić information content (AvgIpc) is 3.08. The molecule has 2 amide bonds. The summed E-state index contributed by atoms with van der Waals surface area (Å²) in [5.74, 6) is -1.00. The molecule has 2 aromatic rings. The van der Waals surface area contributed by atoms with Crippen molar-refractivity contribution < 1.29 is 14.8 Å². The number of carbonyl (C=O) groups excluding carboxylic acids is 2. The second kappa shape index (κ2) is 7.70. The Labute approximate surface area is 153 Å². The summed E-state index contributed by atoms with van der Waals surface area (Å²) in [6.45, 7) is 4.14. The fourth-order valence-corrected chi connectivity index (χ4v) is 3.74. The predicted octanol–water partition coefficient (Wildman–Crippen LogP) is 3.37. The van der Waals surface area contributed by atoms with Crippen molar-refractivity contribution in [3.63, 3.8) is 0 Å². The molecular formula is C21H24N2O3. The van der Waals surface area contributed by atoms with E-state index in [4.69, 9.17) is 5.21 Å². The highest BCUT2D eigenvalue weighted by atomic mass is 16.5. The van der Waals surface area contributed by atoms with Gasteiger partial charge < -0.3 is 5.32 Å². The Morgan fingerprint density at radius 2 is 1.62 bits per heavy atom. The van der Waals surface area contributed by atoms with Crippen molar-refractivity contribution >= 4 is 11.8 Å². The van der Waals surface area contributed by atoms with Crippen LogP contribution < -0.4 is 10.8 Å². The zero-order valence-electron chi connectivity index (χ0n) is 15.1. The summed E-state index contributed by atoms with van der Waals surface area (Å²) in [5.41, 5.74) is 6.86. The smallest absolute Gasteiger partial charge is 0.251 e. The van der Waals surface area contributed by atoms with Crippen LogP contribution in [0.5, 0.6) is 0 Å². The monoisotopic (exact) mass is 352 g/mol. The predicted molar refractivity (Wildman–Crippen MR) is 99.9 cm³/mol. The lowest BCUT2D eigenvalue weighted by atomic mass is 9.99. The van der Waals surface area contributed by atoms with Crippen LogP contribution in [-0.4, -0.2) is 23.1 Å². The second-order valence-electron chi connectivity index (χ2n) is 7.05. The summed E-state index contributed by atoms with van der Waals surface area (Å²) >= 11 is 0. The number of aryl methyl sites for hydroxylation is 2. The topological polar surface area (TPSA) is 78.4 Å². The molecule has 1 aliphatic carbocycles. The second-order valence-corrected chi connectivity index (χ2v) is 7.05. The highest BCUT2D eigenvalue weighted by molar-refractivity contribution is 5.95. The maximum atomic E-state index is 12.5. The molecule has 26 heavy (non-hydrogen) atoms. The van der Waals surface area contributed by atoms with E-state index in [9.17, 15) is 9.59 Å². The zero-order chi connectivity index (χ0) is 18.7. The van der Waals surface area contributed by atoms with Gasteiger partial charge in [-0.2, -0.15) is 0 Å². The van der Waals surface area contributed by atoms with Crippen molar-refractivity contribution in [2.75, 3.05) is 0 Å². The quantitative estimate of drug-likeness (QED) is 0.583. The SMILES string of the molecule is Cc1cc(C)cc(-c2ccc(C(=O)N[C@@H]3CCC[C@@H]3C(=O)NO)cc2)c1. The van der Waals surface area contributed by atoms with Gasteiger partial charge >= 0.3 is 0 Å². The Hall–Kier alpha value is -2.66. The first-order valence-corrected chi connectivity index (χ1v) is 8.91. The van der Waals surface area contributed by atoms with E-state index in [2.05, 4.69) is 37.4 Å². The minimum Gasteiger partial charge on any atom is -0.349 e. The van der Waals surface area contributed by atoms with Gasteiger partial charge in [0.05, 0.1) is 5.92 Å². The molecule has 5 nitrogen and oxygen atoms in total. The Balaban J connectivity index is 1.72. The van der Waals surface area contributed by atoms with Gasteiger partial charge in [-0.05, 0) is 49.9 Å². The van der Waals surface area contributed by atoms with Crippen molar-refractivity contribution in [1.29, 1.82) is 0 Å². The minimum absolute atomic E-state index is 0.195. The standard InChI is InChI=1S/C21H24N2O3/c1-13-10-14(2)12-17(11-13)15-6-8-16(9-7-15)20(24)22-19-5-3-4-18(19)21(25)23-26/h6-12,18-19,26H,3-5H2,1-2H3,(H,22,24)(H,23,25)/t18-,19+/m0/s1. The molecule has 0 unspecified atom stereocenters. The fraction of sp³-hybridized carbons (Fsp3) is 0.333. The van der Waals surface area contributed by atoms with Gasteiger partial charge in [-0.15, -0.1) is 0 Å². The van der Waals surface area contributed by atoms with Gasteiger partial charge in [0.25, 0.3) is 5.91 Å². The van der Waals surface area contributed by atoms with Crippen LogP contribution in [0.1, 0.15) is 40.7 Å². The Morgan fingerprint density at radius 3 is 2.23 bits per heavy atom. The molecule has 2 aromatic carbocycles. The maximum Gasteiger partial charge on any atom is 0.251 e. The van der Waals surface area contributed by atoms with Crippen LogP contribution in [0.3, 0.4) is 0 Å². The largest absolute Gasteiger partial charge is 0.349 e. The first-order valence-electron chi connectivity index (χ1n) is 8.91. The van der Waals surface area contributed by atoms with Crippen LogP contribution in [0.25, 0.3) is 11.1 Å². The van der Waals surface area contributed by atoms with Crippen molar-refractivity contribution in [3.8, 4) is 11.1 Å². The van der Waals surface area contributed by atoms with Crippen molar-refractivity contribution in [1.82, 2.24) is 10.8 Å². The third-order valence-corrected chi connectivity index (χ3v) is 4.98. The molecule has 3 rings (SSSR count). The first-order chi connectivity index (χ1) is 12.5. The van der Waals surface area contributed by atoms with Crippen LogP contribution in [0.4, 0.5) is 0 Å². The summed E-state index contributed by atoms with van der Waals surface area (Å²) in [6.07, 6.45) is 2.27. The Bertz CT molecular complexity index is 794. The van der Waals surface area contributed by atoms with Crippen LogP contribution in [0.2, 0.25) is 0 Å². The fourth-order valence-electron chi connectivity index (χ4n) is 3.74. The number of rotatable bonds is 4. The van der Waals surface area contributed by atoms with Gasteiger partial charge in [-0.25, -0.2) is 5.48 Å². The molecule has 0 spiro atoms. The number of amides is 2. The molecule has 2 atom stereocenters. The number of hydrogen-bond donors (Lipinski definition) is 3. The third-order valence-electron chi connectivity index (χ3n) is 4.98. The van der Waals surface area contributed by atoms with Crippen LogP contribution in [-0.2, 0) is 4.79 Å². The van der Waals surface area contributed by atoms with Crippen LogP contribution in [0, 0.1) is 19.8 Å². The van der Waals surface area contributed by atoms with Gasteiger partial charge in [0.15, 0.2) is 0 Å². The summed E-state index contributed by atoms with van der Waals surface area (Å²) in [6, 6.07) is 13.6. The summed E-state index contributed by atoms with van der Waals surface area (Å²) < 4.78 is 0. The van der Waals surface area contributed by atoms with Gasteiger partial charge in [0.1, 0.15) is 0 Å². The molecule has 0 heterocycles. The molecule has 0 aromatic heterocycles. The normalized spacial score (nSPS) is 19.2. The number of hydrogen-bond acceptors (Lipinski definition) is 3. The molecule has 5 heteroatoms. The minimum atomic E-state index is -0.432. The van der Waals surface area contributed by atoms with Gasteiger partial charge in [0, 0.05) is 11.6 Å². The number of carbonyl (C=O) groups is 2. The van der Waals surface area contributed by atoms with Crippen LogP contribution >= 0.6 is 0 Å². The molecule has 0 radical (unpaired) electrons. The number of nitrogens with one attached hydrogen (secondary N) is 2. The van der Waals surface area contributed by atoms with E-state index in [-0.39, 0.29) is 17.9 Å². The summed E-state index contributed by atoms with van der Waals surface area (Å²) in [7, 11) is 0. The highest BCUT2D eigenvalue weighted by Gasteiger charge is 2.34. The van der Waals surface area contributed by atoms with Gasteiger partial charge in [0.2, 0.25) is 5.91 Å². The zero-order valence-corrected chi connectivity index (χ0v) is 15.1. The van der Waals surface area contributed by atoms with Crippen LogP contribution in [0.15, 0.2) is 42.5 Å². The molecule has 0 aliphatic heterocycles. The van der Waals surface area contributed by atoms with E-state index in [1.165, 1.54) is 11.1 Å². The number of hydroxylamine groups is 1. The number of benzene rings is 2. The molecule has 1 aliphatic rings. The van der Waals surface area contributed by atoms with E-state index in [1.807, 2.05) is 12.1 Å². The lowest BCUT2D eigenvalue weighted by molar-refractivity contribution is -0.133.